The number of carbonyl (C=O) groups excluding carboxylic acids is 1. The van der Waals surface area contributed by atoms with Gasteiger partial charge in [0.05, 0.1) is 35.8 Å². The van der Waals surface area contributed by atoms with E-state index in [-0.39, 0.29) is 11.9 Å². The topological polar surface area (TPSA) is 80.0 Å². The molecule has 1 saturated carbocycles. The molecule has 0 bridgehead atoms. The van der Waals surface area contributed by atoms with E-state index in [1.165, 1.54) is 4.80 Å². The van der Waals surface area contributed by atoms with E-state index < -0.39 is 6.10 Å². The highest BCUT2D eigenvalue weighted by Crippen LogP contribution is 2.20. The van der Waals surface area contributed by atoms with Crippen LogP contribution in [0.3, 0.4) is 0 Å². The maximum atomic E-state index is 12.4. The maximum Gasteiger partial charge on any atom is 0.253 e. The molecule has 0 spiro atoms. The number of amides is 1. The number of rotatable bonds is 3. The molecule has 20 heavy (non-hydrogen) atoms. The lowest BCUT2D eigenvalue weighted by molar-refractivity contribution is 0.0873. The third-order valence-electron chi connectivity index (χ3n) is 3.58. The molecule has 0 radical (unpaired) electrons. The number of nitrogens with one attached hydrogen (secondary N) is 1. The first-order chi connectivity index (χ1) is 9.75. The number of aromatic nitrogens is 3. The molecular weight excluding hydrogens is 256 g/mol. The summed E-state index contributed by atoms with van der Waals surface area (Å²) in [6.45, 7) is 0. The van der Waals surface area contributed by atoms with Crippen LogP contribution in [-0.4, -0.2) is 38.2 Å². The fourth-order valence-electron chi connectivity index (χ4n) is 2.54. The fourth-order valence-corrected chi connectivity index (χ4v) is 2.54. The van der Waals surface area contributed by atoms with Crippen molar-refractivity contribution in [2.45, 2.75) is 31.4 Å². The average molecular weight is 272 g/mol. The van der Waals surface area contributed by atoms with Crippen molar-refractivity contribution >= 4 is 5.91 Å². The third-order valence-corrected chi connectivity index (χ3v) is 3.58. The highest BCUT2D eigenvalue weighted by atomic mass is 16.3. The molecule has 1 aromatic heterocycles. The molecule has 1 aromatic carbocycles. The normalized spacial score (nSPS) is 21.9. The first-order valence-corrected chi connectivity index (χ1v) is 6.70. The minimum Gasteiger partial charge on any atom is -0.391 e. The van der Waals surface area contributed by atoms with Crippen LogP contribution in [0.5, 0.6) is 0 Å². The van der Waals surface area contributed by atoms with Gasteiger partial charge in [-0.25, -0.2) is 0 Å². The van der Waals surface area contributed by atoms with Gasteiger partial charge in [0.1, 0.15) is 0 Å². The molecule has 1 aliphatic rings. The number of hydrogen-bond donors (Lipinski definition) is 2. The quantitative estimate of drug-likeness (QED) is 0.870. The van der Waals surface area contributed by atoms with Gasteiger partial charge in [-0.2, -0.15) is 15.0 Å². The first kappa shape index (κ1) is 12.8. The summed E-state index contributed by atoms with van der Waals surface area (Å²) >= 11 is 0. The Morgan fingerprint density at radius 2 is 2.00 bits per heavy atom. The van der Waals surface area contributed by atoms with E-state index in [1.807, 2.05) is 6.07 Å². The molecule has 1 fully saturated rings. The van der Waals surface area contributed by atoms with Crippen LogP contribution >= 0.6 is 0 Å². The van der Waals surface area contributed by atoms with Gasteiger partial charge in [-0.3, -0.25) is 4.79 Å². The Morgan fingerprint density at radius 1 is 1.25 bits per heavy atom. The minimum absolute atomic E-state index is 0.166. The van der Waals surface area contributed by atoms with Crippen molar-refractivity contribution in [2.24, 2.45) is 0 Å². The van der Waals surface area contributed by atoms with E-state index >= 15 is 0 Å². The average Bonchev–Trinajstić information content (AvgIpc) is 3.11. The van der Waals surface area contributed by atoms with E-state index in [0.717, 1.165) is 19.3 Å². The molecule has 104 valence electrons. The molecule has 1 aliphatic carbocycles. The lowest BCUT2D eigenvalue weighted by Crippen LogP contribution is -2.40. The van der Waals surface area contributed by atoms with Gasteiger partial charge in [0, 0.05) is 0 Å². The predicted octanol–water partition coefficient (Wildman–Crippen LogP) is 0.911. The van der Waals surface area contributed by atoms with E-state index in [9.17, 15) is 9.90 Å². The van der Waals surface area contributed by atoms with Gasteiger partial charge >= 0.3 is 0 Å². The van der Waals surface area contributed by atoms with Crippen LogP contribution in [0.1, 0.15) is 29.6 Å². The van der Waals surface area contributed by atoms with Gasteiger partial charge in [-0.05, 0) is 31.4 Å². The van der Waals surface area contributed by atoms with Crippen LogP contribution < -0.4 is 5.32 Å². The number of aliphatic hydroxyl groups excluding tert-OH is 1. The van der Waals surface area contributed by atoms with E-state index in [1.54, 1.807) is 30.6 Å². The summed E-state index contributed by atoms with van der Waals surface area (Å²) in [5.41, 5.74) is 1.13. The molecule has 2 aromatic rings. The second-order valence-electron chi connectivity index (χ2n) is 4.91. The van der Waals surface area contributed by atoms with Gasteiger partial charge in [-0.15, -0.1) is 0 Å². The highest BCUT2D eigenvalue weighted by Gasteiger charge is 2.27. The number of aliphatic hydroxyl groups is 1. The smallest absolute Gasteiger partial charge is 0.253 e. The van der Waals surface area contributed by atoms with Crippen molar-refractivity contribution in [3.63, 3.8) is 0 Å². The van der Waals surface area contributed by atoms with Crippen molar-refractivity contribution in [2.75, 3.05) is 0 Å². The molecule has 1 amide bonds. The second-order valence-corrected chi connectivity index (χ2v) is 4.91. The summed E-state index contributed by atoms with van der Waals surface area (Å²) in [5, 5.41) is 20.8. The number of para-hydroxylation sites is 1. The van der Waals surface area contributed by atoms with E-state index in [2.05, 4.69) is 15.5 Å². The van der Waals surface area contributed by atoms with Crippen molar-refractivity contribution in [1.82, 2.24) is 20.3 Å². The zero-order valence-electron chi connectivity index (χ0n) is 10.9. The Bertz CT molecular complexity index is 597. The van der Waals surface area contributed by atoms with Crippen molar-refractivity contribution in [3.8, 4) is 5.69 Å². The zero-order chi connectivity index (χ0) is 13.9. The summed E-state index contributed by atoms with van der Waals surface area (Å²) in [7, 11) is 0. The molecule has 2 unspecified atom stereocenters. The van der Waals surface area contributed by atoms with Crippen molar-refractivity contribution < 1.29 is 9.90 Å². The van der Waals surface area contributed by atoms with Crippen molar-refractivity contribution in [1.29, 1.82) is 0 Å². The van der Waals surface area contributed by atoms with Crippen LogP contribution in [0.25, 0.3) is 5.69 Å². The maximum absolute atomic E-state index is 12.4. The molecule has 3 rings (SSSR count). The first-order valence-electron chi connectivity index (χ1n) is 6.70. The summed E-state index contributed by atoms with van der Waals surface area (Å²) < 4.78 is 0. The lowest BCUT2D eigenvalue weighted by Gasteiger charge is -2.17. The van der Waals surface area contributed by atoms with Gasteiger partial charge in [0.15, 0.2) is 0 Å². The van der Waals surface area contributed by atoms with Crippen molar-refractivity contribution in [3.05, 3.63) is 42.2 Å². The monoisotopic (exact) mass is 272 g/mol. The Hall–Kier alpha value is -2.21. The summed E-state index contributed by atoms with van der Waals surface area (Å²) in [4.78, 5) is 13.8. The molecule has 0 saturated heterocycles. The molecule has 2 atom stereocenters. The number of benzene rings is 1. The molecule has 2 N–H and O–H groups in total. The van der Waals surface area contributed by atoms with Crippen LogP contribution in [0.4, 0.5) is 0 Å². The van der Waals surface area contributed by atoms with Crippen LogP contribution in [0, 0.1) is 0 Å². The number of carbonyl (C=O) groups is 1. The van der Waals surface area contributed by atoms with Crippen LogP contribution in [-0.2, 0) is 0 Å². The molecule has 1 heterocycles. The number of nitrogens with zero attached hydrogens (tertiary/aromatic N) is 3. The number of hydrogen-bond acceptors (Lipinski definition) is 4. The van der Waals surface area contributed by atoms with E-state index in [4.69, 9.17) is 0 Å². The second kappa shape index (κ2) is 5.42. The Morgan fingerprint density at radius 3 is 2.70 bits per heavy atom. The fraction of sp³-hybridized carbons (Fsp3) is 0.357. The Labute approximate surface area is 116 Å². The molecule has 6 heteroatoms. The largest absolute Gasteiger partial charge is 0.391 e. The van der Waals surface area contributed by atoms with Gasteiger partial charge < -0.3 is 10.4 Å². The summed E-state index contributed by atoms with van der Waals surface area (Å²) in [6, 6.07) is 6.99. The van der Waals surface area contributed by atoms with Crippen LogP contribution in [0.2, 0.25) is 0 Å². The minimum atomic E-state index is -0.450. The third kappa shape index (κ3) is 2.42. The standard InChI is InChI=1S/C14H16N4O2/c19-13-7-3-5-11(13)17-14(20)10-4-1-2-6-12(10)18-15-8-9-16-18/h1-2,4,6,8-9,11,13,19H,3,5,7H2,(H,17,20). The SMILES string of the molecule is O=C(NC1CCCC1O)c1ccccc1-n1nccn1. The van der Waals surface area contributed by atoms with Gasteiger partial charge in [-0.1, -0.05) is 12.1 Å². The van der Waals surface area contributed by atoms with E-state index in [0.29, 0.717) is 11.3 Å². The predicted molar refractivity (Wildman–Crippen MR) is 72.5 cm³/mol. The zero-order valence-corrected chi connectivity index (χ0v) is 10.9. The molecule has 6 nitrogen and oxygen atoms in total. The molecular formula is C14H16N4O2. The summed E-state index contributed by atoms with van der Waals surface area (Å²) in [5.74, 6) is -0.205. The van der Waals surface area contributed by atoms with Gasteiger partial charge in [0.2, 0.25) is 0 Å². The highest BCUT2D eigenvalue weighted by molar-refractivity contribution is 5.97. The van der Waals surface area contributed by atoms with Crippen LogP contribution in [0.15, 0.2) is 36.7 Å². The Balaban J connectivity index is 1.85. The van der Waals surface area contributed by atoms with Gasteiger partial charge in [0.25, 0.3) is 5.91 Å². The lowest BCUT2D eigenvalue weighted by atomic mass is 10.1. The summed E-state index contributed by atoms with van der Waals surface area (Å²) in [6.07, 6.45) is 5.18. The Kier molecular flexibility index (Phi) is 3.47. The molecule has 0 aliphatic heterocycles.